The lowest BCUT2D eigenvalue weighted by Gasteiger charge is -2.42. The molecule has 44 heavy (non-hydrogen) atoms. The van der Waals surface area contributed by atoms with Crippen LogP contribution in [0.2, 0.25) is 10.0 Å². The molecule has 0 saturated carbocycles. The molecule has 0 spiro atoms. The molecule has 0 atom stereocenters. The summed E-state index contributed by atoms with van der Waals surface area (Å²) in [6.07, 6.45) is 0.994. The summed E-state index contributed by atoms with van der Waals surface area (Å²) >= 11 is 12.2. The second-order valence-corrected chi connectivity index (χ2v) is 12.8. The highest BCUT2D eigenvalue weighted by atomic mass is 35.5. The third kappa shape index (κ3) is 6.23. The van der Waals surface area contributed by atoms with E-state index in [1.54, 1.807) is 24.3 Å². The van der Waals surface area contributed by atoms with Crippen LogP contribution in [0.1, 0.15) is 33.1 Å². The van der Waals surface area contributed by atoms with E-state index in [4.69, 9.17) is 23.2 Å². The number of nitrogens with zero attached hydrogens (tertiary/aromatic N) is 1. The smallest absolute Gasteiger partial charge is 0.343 e. The molecule has 13 heteroatoms. The Kier molecular flexibility index (Phi) is 8.86. The van der Waals surface area contributed by atoms with Crippen molar-refractivity contribution >= 4 is 43.9 Å². The predicted molar refractivity (Wildman–Crippen MR) is 156 cm³/mol. The van der Waals surface area contributed by atoms with Crippen LogP contribution in [0.15, 0.2) is 78.4 Å². The topological polar surface area (TPSA) is 63.7 Å². The van der Waals surface area contributed by atoms with Crippen LogP contribution in [0.5, 0.6) is 5.75 Å². The molecule has 1 aliphatic heterocycles. The Morgan fingerprint density at radius 3 is 1.68 bits per heavy atom. The van der Waals surface area contributed by atoms with E-state index >= 15 is 0 Å². The van der Waals surface area contributed by atoms with Gasteiger partial charge in [0.2, 0.25) is 34.8 Å². The van der Waals surface area contributed by atoms with Crippen LogP contribution in [-0.2, 0) is 9.84 Å². The van der Waals surface area contributed by atoms with Crippen molar-refractivity contribution in [2.75, 3.05) is 19.3 Å². The van der Waals surface area contributed by atoms with Gasteiger partial charge in [-0.1, -0.05) is 59.6 Å². The highest BCUT2D eigenvalue weighted by Crippen LogP contribution is 2.39. The van der Waals surface area contributed by atoms with Gasteiger partial charge in [-0.2, -0.15) is 8.78 Å². The molecule has 1 aliphatic rings. The zero-order chi connectivity index (χ0) is 31.9. The van der Waals surface area contributed by atoms with E-state index < -0.39 is 50.6 Å². The molecule has 0 aliphatic carbocycles. The molecule has 4 aromatic rings. The van der Waals surface area contributed by atoms with Crippen LogP contribution < -0.4 is 4.74 Å². The van der Waals surface area contributed by atoms with E-state index in [1.165, 1.54) is 12.1 Å². The van der Waals surface area contributed by atoms with Crippen LogP contribution in [0.3, 0.4) is 0 Å². The van der Waals surface area contributed by atoms with Gasteiger partial charge in [0.05, 0.1) is 16.5 Å². The van der Waals surface area contributed by atoms with E-state index in [-0.39, 0.29) is 35.2 Å². The minimum Gasteiger partial charge on any atom is -0.416 e. The van der Waals surface area contributed by atoms with Gasteiger partial charge in [0, 0.05) is 29.4 Å². The lowest BCUT2D eigenvalue weighted by Crippen LogP contribution is -2.44. The van der Waals surface area contributed by atoms with Gasteiger partial charge >= 0.3 is 5.97 Å². The third-order valence-corrected chi connectivity index (χ3v) is 8.71. The van der Waals surface area contributed by atoms with Gasteiger partial charge in [-0.15, -0.1) is 0 Å². The first-order valence-corrected chi connectivity index (χ1v) is 15.4. The van der Waals surface area contributed by atoms with E-state index in [0.29, 0.717) is 15.6 Å². The van der Waals surface area contributed by atoms with Crippen LogP contribution in [-0.4, -0.2) is 38.6 Å². The van der Waals surface area contributed by atoms with Crippen molar-refractivity contribution in [3.05, 3.63) is 140 Å². The van der Waals surface area contributed by atoms with Crippen LogP contribution in [0.4, 0.5) is 22.0 Å². The molecule has 0 unspecified atom stereocenters. The summed E-state index contributed by atoms with van der Waals surface area (Å²) in [7, 11) is -3.89. The van der Waals surface area contributed by atoms with Crippen LogP contribution >= 0.6 is 23.2 Å². The van der Waals surface area contributed by atoms with Crippen molar-refractivity contribution in [2.24, 2.45) is 0 Å². The summed E-state index contributed by atoms with van der Waals surface area (Å²) in [5.41, 5.74) is 2.00. The SMILES string of the molecule is CS(=O)(=O)C(=C1CN(C(c2ccc(Cl)cc2)c2ccc(Cl)cc2)C1)c1cccc(C(=O)Oc2c(F)c(F)c(F)c(F)c2F)c1. The van der Waals surface area contributed by atoms with E-state index in [0.717, 1.165) is 29.5 Å². The molecule has 5 rings (SSSR count). The van der Waals surface area contributed by atoms with Crippen molar-refractivity contribution < 1.29 is 39.9 Å². The van der Waals surface area contributed by atoms with Gasteiger partial charge in [0.1, 0.15) is 0 Å². The first kappa shape index (κ1) is 31.6. The number of likely N-dealkylation sites (tertiary alicyclic amines) is 1. The molecular formula is C31H20Cl2F5NO4S. The number of halogens is 7. The van der Waals surface area contributed by atoms with Crippen molar-refractivity contribution in [3.63, 3.8) is 0 Å². The van der Waals surface area contributed by atoms with Gasteiger partial charge in [-0.05, 0) is 58.7 Å². The first-order valence-electron chi connectivity index (χ1n) is 12.8. The zero-order valence-corrected chi connectivity index (χ0v) is 24.9. The normalized spacial score (nSPS) is 13.6. The van der Waals surface area contributed by atoms with Crippen molar-refractivity contribution in [1.82, 2.24) is 4.90 Å². The summed E-state index contributed by atoms with van der Waals surface area (Å²) in [6.45, 7) is 0.440. The number of carbonyl (C=O) groups is 1. The fourth-order valence-electron chi connectivity index (χ4n) is 4.97. The van der Waals surface area contributed by atoms with E-state index in [9.17, 15) is 35.2 Å². The average Bonchev–Trinajstić information content (AvgIpc) is 2.97. The Bertz CT molecular complexity index is 1830. The molecule has 0 radical (unpaired) electrons. The van der Waals surface area contributed by atoms with Crippen molar-refractivity contribution in [2.45, 2.75) is 6.04 Å². The molecular weight excluding hydrogens is 648 g/mol. The second kappa shape index (κ2) is 12.3. The average molecular weight is 668 g/mol. The number of rotatable bonds is 7. The van der Waals surface area contributed by atoms with Gasteiger partial charge in [0.15, 0.2) is 9.84 Å². The molecule has 0 aromatic heterocycles. The Morgan fingerprint density at radius 1 is 0.750 bits per heavy atom. The summed E-state index contributed by atoms with van der Waals surface area (Å²) in [5, 5.41) is 1.09. The summed E-state index contributed by atoms with van der Waals surface area (Å²) in [5.74, 6) is -14.9. The number of hydrogen-bond donors (Lipinski definition) is 0. The molecule has 0 amide bonds. The third-order valence-electron chi connectivity index (χ3n) is 6.94. The summed E-state index contributed by atoms with van der Waals surface area (Å²) < 4.78 is 99.2. The molecule has 1 fully saturated rings. The van der Waals surface area contributed by atoms with E-state index in [1.807, 2.05) is 29.2 Å². The fourth-order valence-corrected chi connectivity index (χ4v) is 6.43. The van der Waals surface area contributed by atoms with Gasteiger partial charge in [-0.25, -0.2) is 26.4 Å². The Balaban J connectivity index is 1.47. The number of esters is 1. The lowest BCUT2D eigenvalue weighted by molar-refractivity contribution is 0.0716. The molecule has 5 nitrogen and oxygen atoms in total. The van der Waals surface area contributed by atoms with Crippen LogP contribution in [0.25, 0.3) is 4.91 Å². The lowest BCUT2D eigenvalue weighted by atomic mass is 9.92. The Morgan fingerprint density at radius 2 is 1.20 bits per heavy atom. The largest absolute Gasteiger partial charge is 0.416 e. The minimum absolute atomic E-state index is 0.0727. The predicted octanol–water partition coefficient (Wildman–Crippen LogP) is 7.77. The zero-order valence-electron chi connectivity index (χ0n) is 22.6. The quantitative estimate of drug-likeness (QED) is 0.0663. The molecule has 1 heterocycles. The van der Waals surface area contributed by atoms with Crippen LogP contribution in [0, 0.1) is 29.1 Å². The Labute approximate surface area is 259 Å². The maximum absolute atomic E-state index is 14.1. The van der Waals surface area contributed by atoms with Gasteiger partial charge < -0.3 is 4.74 Å². The van der Waals surface area contributed by atoms with Gasteiger partial charge in [-0.3, -0.25) is 4.90 Å². The standard InChI is InChI=1S/C31H20Cl2F5NO4S/c1-44(41,42)30(18-3-2-4-19(13-18)31(40)43-29-26(37)24(35)23(34)25(36)27(29)38)20-14-39(15-20)28(16-5-9-21(32)10-6-16)17-7-11-22(33)12-8-17/h2-13,28H,14-15H2,1H3. The van der Waals surface area contributed by atoms with Gasteiger partial charge in [0.25, 0.3) is 0 Å². The molecule has 0 bridgehead atoms. The van der Waals surface area contributed by atoms with Crippen molar-refractivity contribution in [1.29, 1.82) is 0 Å². The maximum atomic E-state index is 14.1. The van der Waals surface area contributed by atoms with E-state index in [2.05, 4.69) is 4.74 Å². The monoisotopic (exact) mass is 667 g/mol. The molecule has 0 N–H and O–H groups in total. The molecule has 1 saturated heterocycles. The Hall–Kier alpha value is -3.77. The number of hydrogen-bond acceptors (Lipinski definition) is 5. The highest BCUT2D eigenvalue weighted by molar-refractivity contribution is 8.00. The summed E-state index contributed by atoms with van der Waals surface area (Å²) in [4.78, 5) is 14.7. The number of benzene rings is 4. The molecule has 228 valence electrons. The minimum atomic E-state index is -3.89. The highest BCUT2D eigenvalue weighted by Gasteiger charge is 2.35. The number of sulfone groups is 1. The second-order valence-electron chi connectivity index (χ2n) is 9.98. The number of carbonyl (C=O) groups excluding carboxylic acids is 1. The maximum Gasteiger partial charge on any atom is 0.343 e. The van der Waals surface area contributed by atoms with Crippen molar-refractivity contribution in [3.8, 4) is 5.75 Å². The fraction of sp³-hybridized carbons (Fsp3) is 0.129. The first-order chi connectivity index (χ1) is 20.8. The number of ether oxygens (including phenoxy) is 1. The summed E-state index contributed by atoms with van der Waals surface area (Å²) in [6, 6.07) is 19.1. The molecule has 4 aromatic carbocycles.